The van der Waals surface area contributed by atoms with Crippen molar-refractivity contribution in [3.8, 4) is 0 Å². The quantitative estimate of drug-likeness (QED) is 0.0767. The number of aliphatic hydroxyl groups is 3. The summed E-state index contributed by atoms with van der Waals surface area (Å²) in [6, 6.07) is -1.16. The fraction of sp³-hybridized carbons (Fsp3) is 0.768. The molecule has 0 aromatic rings. The fourth-order valence-corrected chi connectivity index (χ4v) is 10.8. The number of esters is 1. The predicted molar refractivity (Wildman–Crippen MR) is 271 cm³/mol. The molecule has 72 heavy (non-hydrogen) atoms. The lowest BCUT2D eigenvalue weighted by atomic mass is 9.78. The number of ether oxygens (including phenoxy) is 7. The van der Waals surface area contributed by atoms with Gasteiger partial charge in [-0.3, -0.25) is 19.2 Å². The number of nitrogens with zero attached hydrogens (tertiary/aromatic N) is 1. The first kappa shape index (κ1) is 61.1. The maximum atomic E-state index is 14.6. The standard InChI is InChI=1S/C56H89NO15/c1-35-17-12-11-13-18-36(2)47(70-28-27-66-8)33-43-22-20-41(7)56(65,72-43)53(62)54(63)57-24-15-14-19-44(57)55(64)71-48(38(4)31-42-21-23-46(49(32-42)67-9)69-26-16-25-58)34-45(59)37(3)30-40(6)51(61)52(68-10)50(60)39(5)29-35/h11-13,17-18,30,35,37-39,41-44,46-49,51-52,58,61,65H,14-16,19-29,31-34H2,1-10H3/b13-11+,17-12+,36-18+,40-30+/t35-,37-,38-,39-,41-,42+,43+,44+,46-,47-,48+,49-,51-,52+,56-/m1/s1. The lowest BCUT2D eigenvalue weighted by molar-refractivity contribution is -0.266. The van der Waals surface area contributed by atoms with Crippen LogP contribution in [0.3, 0.4) is 0 Å². The van der Waals surface area contributed by atoms with Crippen LogP contribution in [0.2, 0.25) is 0 Å². The van der Waals surface area contributed by atoms with Crippen molar-refractivity contribution in [2.45, 2.75) is 186 Å². The van der Waals surface area contributed by atoms with Crippen molar-refractivity contribution in [3.63, 3.8) is 0 Å². The molecule has 0 radical (unpaired) electrons. The van der Waals surface area contributed by atoms with E-state index < -0.39 is 77.8 Å². The molecule has 2 bridgehead atoms. The van der Waals surface area contributed by atoms with Crippen LogP contribution in [0.15, 0.2) is 47.6 Å². The molecule has 408 valence electrons. The topological polar surface area (TPSA) is 214 Å². The summed E-state index contributed by atoms with van der Waals surface area (Å²) in [5.41, 5.74) is 1.24. The first-order valence-electron chi connectivity index (χ1n) is 26.6. The maximum Gasteiger partial charge on any atom is 0.329 e. The second-order valence-electron chi connectivity index (χ2n) is 21.1. The third-order valence-corrected chi connectivity index (χ3v) is 15.4. The molecule has 16 heteroatoms. The average Bonchev–Trinajstić information content (AvgIpc) is 3.36. The van der Waals surface area contributed by atoms with Gasteiger partial charge >= 0.3 is 5.97 Å². The van der Waals surface area contributed by atoms with Gasteiger partial charge in [0.1, 0.15) is 30.1 Å². The highest BCUT2D eigenvalue weighted by Crippen LogP contribution is 2.38. The van der Waals surface area contributed by atoms with Gasteiger partial charge in [-0.15, -0.1) is 0 Å². The molecule has 3 fully saturated rings. The third-order valence-electron chi connectivity index (χ3n) is 15.4. The Morgan fingerprint density at radius 2 is 1.58 bits per heavy atom. The van der Waals surface area contributed by atoms with Crippen molar-refractivity contribution in [2.24, 2.45) is 35.5 Å². The molecule has 0 spiro atoms. The minimum atomic E-state index is -2.46. The maximum absolute atomic E-state index is 14.6. The lowest BCUT2D eigenvalue weighted by Gasteiger charge is -2.43. The highest BCUT2D eigenvalue weighted by atomic mass is 16.6. The van der Waals surface area contributed by atoms with Gasteiger partial charge in [0.15, 0.2) is 5.78 Å². The Labute approximate surface area is 429 Å². The minimum Gasteiger partial charge on any atom is -0.460 e. The Bertz CT molecular complexity index is 1880. The van der Waals surface area contributed by atoms with Gasteiger partial charge in [0.2, 0.25) is 5.79 Å². The van der Waals surface area contributed by atoms with Crippen LogP contribution in [0.25, 0.3) is 0 Å². The molecule has 15 atom stereocenters. The van der Waals surface area contributed by atoms with Gasteiger partial charge < -0.3 is 53.4 Å². The average molecular weight is 1020 g/mol. The van der Waals surface area contributed by atoms with Crippen molar-refractivity contribution in [3.05, 3.63) is 47.6 Å². The van der Waals surface area contributed by atoms with Gasteiger partial charge in [0.25, 0.3) is 11.7 Å². The van der Waals surface area contributed by atoms with Crippen molar-refractivity contribution in [1.82, 2.24) is 4.90 Å². The summed E-state index contributed by atoms with van der Waals surface area (Å²) in [6.07, 6.45) is 12.4. The molecule has 0 aromatic heterocycles. The van der Waals surface area contributed by atoms with E-state index in [0.29, 0.717) is 70.2 Å². The number of piperidine rings is 1. The van der Waals surface area contributed by atoms with Crippen LogP contribution in [0.1, 0.15) is 132 Å². The number of hydrogen-bond acceptors (Lipinski definition) is 15. The van der Waals surface area contributed by atoms with Gasteiger partial charge in [-0.2, -0.15) is 0 Å². The number of carbonyl (C=O) groups is 5. The van der Waals surface area contributed by atoms with Crippen LogP contribution < -0.4 is 0 Å². The van der Waals surface area contributed by atoms with Gasteiger partial charge in [-0.25, -0.2) is 4.79 Å². The number of cyclic esters (lactones) is 1. The smallest absolute Gasteiger partial charge is 0.329 e. The van der Waals surface area contributed by atoms with Gasteiger partial charge in [-0.1, -0.05) is 71.1 Å². The van der Waals surface area contributed by atoms with Crippen LogP contribution in [0.4, 0.5) is 0 Å². The molecule has 1 saturated carbocycles. The van der Waals surface area contributed by atoms with Crippen LogP contribution in [-0.4, -0.2) is 158 Å². The van der Waals surface area contributed by atoms with Crippen molar-refractivity contribution in [1.29, 1.82) is 0 Å². The van der Waals surface area contributed by atoms with Crippen LogP contribution >= 0.6 is 0 Å². The summed E-state index contributed by atoms with van der Waals surface area (Å²) < 4.78 is 41.6. The fourth-order valence-electron chi connectivity index (χ4n) is 10.8. The van der Waals surface area contributed by atoms with Gasteiger partial charge in [0, 0.05) is 71.7 Å². The molecule has 3 heterocycles. The van der Waals surface area contributed by atoms with E-state index in [0.717, 1.165) is 18.4 Å². The van der Waals surface area contributed by atoms with E-state index in [9.17, 15) is 39.3 Å². The summed E-state index contributed by atoms with van der Waals surface area (Å²) in [5.74, 6) is -8.06. The molecule has 4 aliphatic rings. The summed E-state index contributed by atoms with van der Waals surface area (Å²) in [7, 11) is 4.61. The second-order valence-corrected chi connectivity index (χ2v) is 21.1. The Kier molecular flexibility index (Phi) is 25.6. The normalized spacial score (nSPS) is 37.7. The van der Waals surface area contributed by atoms with E-state index in [-0.39, 0.29) is 80.5 Å². The Hall–Kier alpha value is -3.45. The number of carbonyl (C=O) groups excluding carboxylic acids is 5. The SMILES string of the molecule is COCCO[C@@H]1C[C@@H]2CC[C@@H](C)[C@@](O)(O2)C(=O)C(=O)N2CCCC[C@H]2C(=O)O[C@H]([C@H](C)C[C@@H]2CC[C@@H](OCCCO)[C@H](OC)C2)CC(=O)[C@H](C)/C=C(\C)[C@@H](O)[C@@H](OC)C(=O)[C@H](C)C[C@H](C)/C=C/C=C/C=C/1C. The molecule has 4 rings (SSSR count). The molecule has 1 amide bonds. The zero-order valence-corrected chi connectivity index (χ0v) is 45.0. The van der Waals surface area contributed by atoms with E-state index in [2.05, 4.69) is 0 Å². The summed E-state index contributed by atoms with van der Waals surface area (Å²) >= 11 is 0. The van der Waals surface area contributed by atoms with Gasteiger partial charge in [-0.05, 0) is 113 Å². The van der Waals surface area contributed by atoms with E-state index in [1.807, 2.05) is 58.1 Å². The zero-order chi connectivity index (χ0) is 53.1. The largest absolute Gasteiger partial charge is 0.460 e. The number of Topliss-reactive ketones (excluding diaryl/α,β-unsaturated/α-hetero) is 3. The number of ketones is 3. The number of hydrogen-bond donors (Lipinski definition) is 3. The summed E-state index contributed by atoms with van der Waals surface area (Å²) in [5, 5.41) is 32.9. The molecule has 3 aliphatic heterocycles. The molecule has 2 saturated heterocycles. The number of amides is 1. The Balaban J connectivity index is 1.71. The van der Waals surface area contributed by atoms with Gasteiger partial charge in [0.05, 0.1) is 37.6 Å². The van der Waals surface area contributed by atoms with Crippen molar-refractivity contribution < 1.29 is 72.5 Å². The van der Waals surface area contributed by atoms with E-state index >= 15 is 0 Å². The highest BCUT2D eigenvalue weighted by molar-refractivity contribution is 6.39. The number of fused-ring (bicyclic) bond motifs is 3. The number of allylic oxidation sites excluding steroid dienone is 6. The monoisotopic (exact) mass is 1020 g/mol. The lowest BCUT2D eigenvalue weighted by Crippen LogP contribution is -2.61. The minimum absolute atomic E-state index is 0.000907. The van der Waals surface area contributed by atoms with Crippen molar-refractivity contribution >= 4 is 29.2 Å². The molecule has 1 aliphatic carbocycles. The van der Waals surface area contributed by atoms with E-state index in [4.69, 9.17) is 33.2 Å². The number of methoxy groups -OCH3 is 3. The van der Waals surface area contributed by atoms with Crippen molar-refractivity contribution in [2.75, 3.05) is 54.3 Å². The first-order chi connectivity index (χ1) is 34.3. The van der Waals surface area contributed by atoms with Crippen LogP contribution in [0, 0.1) is 35.5 Å². The number of aliphatic hydroxyl groups excluding tert-OH is 2. The Morgan fingerprint density at radius 3 is 2.28 bits per heavy atom. The molecular formula is C56H89NO15. The number of rotatable bonds is 13. The van der Waals surface area contributed by atoms with E-state index in [1.54, 1.807) is 41.1 Å². The summed E-state index contributed by atoms with van der Waals surface area (Å²) in [4.78, 5) is 72.6. The van der Waals surface area contributed by atoms with Crippen LogP contribution in [-0.2, 0) is 57.1 Å². The zero-order valence-electron chi connectivity index (χ0n) is 45.0. The van der Waals surface area contributed by atoms with E-state index in [1.165, 1.54) is 12.0 Å². The highest BCUT2D eigenvalue weighted by Gasteiger charge is 2.53. The van der Waals surface area contributed by atoms with Crippen LogP contribution in [0.5, 0.6) is 0 Å². The molecule has 16 nitrogen and oxygen atoms in total. The predicted octanol–water partition coefficient (Wildman–Crippen LogP) is 6.60. The third kappa shape index (κ3) is 17.3. The molecule has 0 unspecified atom stereocenters. The molecule has 3 N–H and O–H groups in total. The first-order valence-corrected chi connectivity index (χ1v) is 26.6. The summed E-state index contributed by atoms with van der Waals surface area (Å²) in [6.45, 7) is 13.9. The molecule has 0 aromatic carbocycles. The second kappa shape index (κ2) is 30.2. The molecular weight excluding hydrogens is 927 g/mol. The Morgan fingerprint density at radius 1 is 0.833 bits per heavy atom.